The Morgan fingerprint density at radius 3 is 2.65 bits per heavy atom. The van der Waals surface area contributed by atoms with Crippen LogP contribution in [0.1, 0.15) is 34.4 Å². The summed E-state index contributed by atoms with van der Waals surface area (Å²) in [5.41, 5.74) is 1.07. The Bertz CT molecular complexity index is 667. The summed E-state index contributed by atoms with van der Waals surface area (Å²) in [4.78, 5) is 26.5. The van der Waals surface area contributed by atoms with E-state index in [1.165, 1.54) is 16.7 Å². The second-order valence-electron chi connectivity index (χ2n) is 4.79. The first-order chi connectivity index (χ1) is 11.1. The van der Waals surface area contributed by atoms with E-state index >= 15 is 0 Å². The van der Waals surface area contributed by atoms with Gasteiger partial charge in [-0.25, -0.2) is 9.78 Å². The Morgan fingerprint density at radius 2 is 2.04 bits per heavy atom. The second-order valence-corrected chi connectivity index (χ2v) is 5.73. The number of benzene rings is 1. The van der Waals surface area contributed by atoms with Crippen LogP contribution in [0.3, 0.4) is 0 Å². The van der Waals surface area contributed by atoms with Crippen LogP contribution in [-0.2, 0) is 17.8 Å². The van der Waals surface area contributed by atoms with Crippen LogP contribution in [0.15, 0.2) is 29.6 Å². The minimum Gasteiger partial charge on any atom is -0.494 e. The molecular weight excluding hydrogens is 316 g/mol. The quantitative estimate of drug-likeness (QED) is 0.774. The normalized spacial score (nSPS) is 10.3. The van der Waals surface area contributed by atoms with Gasteiger partial charge in [-0.3, -0.25) is 4.79 Å². The average molecular weight is 334 g/mol. The first kappa shape index (κ1) is 17.0. The molecule has 0 bridgehead atoms. The molecule has 0 atom stereocenters. The molecule has 6 nitrogen and oxygen atoms in total. The van der Waals surface area contributed by atoms with Crippen molar-refractivity contribution in [2.75, 3.05) is 6.61 Å². The van der Waals surface area contributed by atoms with E-state index in [-0.39, 0.29) is 18.1 Å². The summed E-state index contributed by atoms with van der Waals surface area (Å²) in [6.07, 6.45) is 1.00. The summed E-state index contributed by atoms with van der Waals surface area (Å²) in [7, 11) is 0. The van der Waals surface area contributed by atoms with Crippen LogP contribution in [0.2, 0.25) is 0 Å². The highest BCUT2D eigenvalue weighted by molar-refractivity contribution is 7.09. The lowest BCUT2D eigenvalue weighted by atomic mass is 10.1. The van der Waals surface area contributed by atoms with Gasteiger partial charge in [0.2, 0.25) is 5.91 Å². The van der Waals surface area contributed by atoms with Crippen molar-refractivity contribution in [3.63, 3.8) is 0 Å². The molecular formula is C16H18N2O4S. The number of hydrogen-bond acceptors (Lipinski definition) is 5. The molecule has 1 aromatic carbocycles. The van der Waals surface area contributed by atoms with Crippen LogP contribution < -0.4 is 10.1 Å². The van der Waals surface area contributed by atoms with Crippen LogP contribution in [0.25, 0.3) is 0 Å². The molecule has 2 rings (SSSR count). The molecule has 23 heavy (non-hydrogen) atoms. The molecule has 1 heterocycles. The molecule has 0 aliphatic heterocycles. The predicted octanol–water partition coefficient (Wildman–Crippen LogP) is 2.49. The molecule has 0 aliphatic rings. The number of carboxylic acids is 1. The SMILES string of the molecule is CCOc1ccc(CCC(=O)NCc2nc(C(=O)O)cs2)cc1. The monoisotopic (exact) mass is 334 g/mol. The van der Waals surface area contributed by atoms with E-state index in [1.807, 2.05) is 31.2 Å². The highest BCUT2D eigenvalue weighted by Gasteiger charge is 2.09. The number of carbonyl (C=O) groups excluding carboxylic acids is 1. The fourth-order valence-corrected chi connectivity index (χ4v) is 2.64. The Labute approximate surface area is 138 Å². The number of rotatable bonds is 8. The van der Waals surface area contributed by atoms with Gasteiger partial charge < -0.3 is 15.2 Å². The van der Waals surface area contributed by atoms with Gasteiger partial charge >= 0.3 is 5.97 Å². The molecule has 0 aliphatic carbocycles. The maximum Gasteiger partial charge on any atom is 0.355 e. The summed E-state index contributed by atoms with van der Waals surface area (Å²) in [6, 6.07) is 7.66. The van der Waals surface area contributed by atoms with E-state index in [0.717, 1.165) is 11.3 Å². The molecule has 2 N–H and O–H groups in total. The Balaban J connectivity index is 1.75. The largest absolute Gasteiger partial charge is 0.494 e. The summed E-state index contributed by atoms with van der Waals surface area (Å²) < 4.78 is 5.37. The van der Waals surface area contributed by atoms with Crippen molar-refractivity contribution in [1.82, 2.24) is 10.3 Å². The van der Waals surface area contributed by atoms with Crippen molar-refractivity contribution in [3.8, 4) is 5.75 Å². The van der Waals surface area contributed by atoms with Gasteiger partial charge in [-0.1, -0.05) is 12.1 Å². The summed E-state index contributed by atoms with van der Waals surface area (Å²) in [6.45, 7) is 2.81. The van der Waals surface area contributed by atoms with Gasteiger partial charge in [0.1, 0.15) is 10.8 Å². The van der Waals surface area contributed by atoms with Crippen molar-refractivity contribution >= 4 is 23.2 Å². The predicted molar refractivity (Wildman–Crippen MR) is 86.9 cm³/mol. The van der Waals surface area contributed by atoms with E-state index in [1.54, 1.807) is 0 Å². The fourth-order valence-electron chi connectivity index (χ4n) is 1.93. The topological polar surface area (TPSA) is 88.5 Å². The molecule has 1 aromatic heterocycles. The van der Waals surface area contributed by atoms with Crippen LogP contribution in [-0.4, -0.2) is 28.6 Å². The third kappa shape index (κ3) is 5.37. The first-order valence-electron chi connectivity index (χ1n) is 7.24. The number of nitrogens with zero attached hydrogens (tertiary/aromatic N) is 1. The molecule has 0 spiro atoms. The Morgan fingerprint density at radius 1 is 1.30 bits per heavy atom. The highest BCUT2D eigenvalue weighted by Crippen LogP contribution is 2.13. The number of aromatic nitrogens is 1. The molecule has 0 fully saturated rings. The Kier molecular flexibility index (Phi) is 6.10. The number of aromatic carboxylic acids is 1. The second kappa shape index (κ2) is 8.28. The standard InChI is InChI=1S/C16H18N2O4S/c1-2-22-12-6-3-11(4-7-12)5-8-14(19)17-9-15-18-13(10-23-15)16(20)21/h3-4,6-7,10H,2,5,8-9H2,1H3,(H,17,19)(H,20,21). The van der Waals surface area contributed by atoms with Crippen LogP contribution >= 0.6 is 11.3 Å². The molecule has 0 radical (unpaired) electrons. The number of nitrogens with one attached hydrogen (secondary N) is 1. The fraction of sp³-hybridized carbons (Fsp3) is 0.312. The molecule has 2 aromatic rings. The number of ether oxygens (including phenoxy) is 1. The number of thiazole rings is 1. The van der Waals surface area contributed by atoms with Crippen molar-refractivity contribution in [3.05, 3.63) is 45.9 Å². The van der Waals surface area contributed by atoms with Crippen molar-refractivity contribution < 1.29 is 19.4 Å². The van der Waals surface area contributed by atoms with E-state index in [0.29, 0.717) is 24.5 Å². The van der Waals surface area contributed by atoms with Crippen molar-refractivity contribution in [2.24, 2.45) is 0 Å². The minimum absolute atomic E-state index is 0.00800. The smallest absolute Gasteiger partial charge is 0.355 e. The van der Waals surface area contributed by atoms with Crippen molar-refractivity contribution in [2.45, 2.75) is 26.3 Å². The Hall–Kier alpha value is -2.41. The highest BCUT2D eigenvalue weighted by atomic mass is 32.1. The zero-order valence-electron chi connectivity index (χ0n) is 12.7. The number of carboxylic acid groups (broad SMARTS) is 1. The third-order valence-electron chi connectivity index (χ3n) is 3.08. The lowest BCUT2D eigenvalue weighted by Gasteiger charge is -2.05. The van der Waals surface area contributed by atoms with Gasteiger partial charge in [0.15, 0.2) is 5.69 Å². The van der Waals surface area contributed by atoms with Crippen molar-refractivity contribution in [1.29, 1.82) is 0 Å². The van der Waals surface area contributed by atoms with E-state index in [2.05, 4.69) is 10.3 Å². The van der Waals surface area contributed by atoms with Crippen LogP contribution in [0.5, 0.6) is 5.75 Å². The van der Waals surface area contributed by atoms with Gasteiger partial charge in [0.25, 0.3) is 0 Å². The molecule has 0 unspecified atom stereocenters. The molecule has 122 valence electrons. The zero-order valence-corrected chi connectivity index (χ0v) is 13.6. The number of amides is 1. The lowest BCUT2D eigenvalue weighted by Crippen LogP contribution is -2.23. The number of carbonyl (C=O) groups is 2. The van der Waals surface area contributed by atoms with E-state index < -0.39 is 5.97 Å². The molecule has 0 saturated carbocycles. The summed E-state index contributed by atoms with van der Waals surface area (Å²) in [5.74, 6) is -0.334. The van der Waals surface area contributed by atoms with Gasteiger partial charge in [0.05, 0.1) is 13.2 Å². The van der Waals surface area contributed by atoms with Gasteiger partial charge in [-0.2, -0.15) is 0 Å². The lowest BCUT2D eigenvalue weighted by molar-refractivity contribution is -0.121. The molecule has 1 amide bonds. The number of hydrogen-bond donors (Lipinski definition) is 2. The maximum atomic E-state index is 11.8. The number of aryl methyl sites for hydroxylation is 1. The minimum atomic E-state index is -1.06. The third-order valence-corrected chi connectivity index (χ3v) is 3.93. The van der Waals surface area contributed by atoms with Gasteiger partial charge in [-0.05, 0) is 31.0 Å². The molecule has 7 heteroatoms. The van der Waals surface area contributed by atoms with Crippen LogP contribution in [0.4, 0.5) is 0 Å². The van der Waals surface area contributed by atoms with E-state index in [9.17, 15) is 9.59 Å². The zero-order chi connectivity index (χ0) is 16.7. The van der Waals surface area contributed by atoms with E-state index in [4.69, 9.17) is 9.84 Å². The van der Waals surface area contributed by atoms with Gasteiger partial charge in [-0.15, -0.1) is 11.3 Å². The van der Waals surface area contributed by atoms with Gasteiger partial charge in [0, 0.05) is 11.8 Å². The first-order valence-corrected chi connectivity index (χ1v) is 8.12. The summed E-state index contributed by atoms with van der Waals surface area (Å²) in [5, 5.41) is 13.6. The molecule has 0 saturated heterocycles. The average Bonchev–Trinajstić information content (AvgIpc) is 3.02. The van der Waals surface area contributed by atoms with Crippen LogP contribution in [0, 0.1) is 0 Å². The summed E-state index contributed by atoms with van der Waals surface area (Å²) >= 11 is 1.22. The maximum absolute atomic E-state index is 11.8.